The van der Waals surface area contributed by atoms with Gasteiger partial charge in [-0.2, -0.15) is 0 Å². The summed E-state index contributed by atoms with van der Waals surface area (Å²) in [5.41, 5.74) is 0. The molecule has 0 atom stereocenters. The van der Waals surface area contributed by atoms with Gasteiger partial charge in [-0.15, -0.1) is 0 Å². The Morgan fingerprint density at radius 2 is 2.08 bits per heavy atom. The average molecular weight is 166 g/mol. The first-order valence-corrected chi connectivity index (χ1v) is 4.56. The number of allylic oxidation sites excluding steroid dienone is 3. The third kappa shape index (κ3) is 1.69. The van der Waals surface area contributed by atoms with Crippen LogP contribution >= 0.6 is 0 Å². The quantitative estimate of drug-likeness (QED) is 0.594. The van der Waals surface area contributed by atoms with Crippen LogP contribution in [0.4, 0.5) is 0 Å². The molecule has 12 heavy (non-hydrogen) atoms. The van der Waals surface area contributed by atoms with Crippen LogP contribution in [-0.2, 0) is 9.47 Å². The Morgan fingerprint density at radius 3 is 2.75 bits per heavy atom. The molecule has 0 spiro atoms. The van der Waals surface area contributed by atoms with Crippen LogP contribution in [0.15, 0.2) is 24.2 Å². The molecule has 0 N–H and O–H groups in total. The summed E-state index contributed by atoms with van der Waals surface area (Å²) >= 11 is 0. The molecule has 2 aliphatic rings. The van der Waals surface area contributed by atoms with Gasteiger partial charge in [0.25, 0.3) is 0 Å². The van der Waals surface area contributed by atoms with Crippen molar-refractivity contribution in [3.63, 3.8) is 0 Å². The predicted octanol–water partition coefficient (Wildman–Crippen LogP) is 2.23. The van der Waals surface area contributed by atoms with Gasteiger partial charge in [0.05, 0.1) is 6.26 Å². The molecule has 2 aliphatic heterocycles. The van der Waals surface area contributed by atoms with E-state index in [0.717, 1.165) is 38.2 Å². The SMILES string of the molecule is C1=COC(C2CCOCC2)=CC1. The summed E-state index contributed by atoms with van der Waals surface area (Å²) < 4.78 is 10.7. The zero-order valence-corrected chi connectivity index (χ0v) is 7.16. The highest BCUT2D eigenvalue weighted by Gasteiger charge is 2.19. The summed E-state index contributed by atoms with van der Waals surface area (Å²) in [7, 11) is 0. The molecule has 0 unspecified atom stereocenters. The van der Waals surface area contributed by atoms with Crippen LogP contribution in [0.25, 0.3) is 0 Å². The Bertz CT molecular complexity index is 200. The molecule has 1 saturated heterocycles. The first kappa shape index (κ1) is 7.87. The van der Waals surface area contributed by atoms with Crippen molar-refractivity contribution in [3.05, 3.63) is 24.2 Å². The monoisotopic (exact) mass is 166 g/mol. The van der Waals surface area contributed by atoms with Crippen molar-refractivity contribution < 1.29 is 9.47 Å². The lowest BCUT2D eigenvalue weighted by Crippen LogP contribution is -2.18. The normalized spacial score (nSPS) is 24.8. The molecule has 2 heterocycles. The molecule has 1 fully saturated rings. The van der Waals surface area contributed by atoms with E-state index in [9.17, 15) is 0 Å². The summed E-state index contributed by atoms with van der Waals surface area (Å²) in [5, 5.41) is 0. The van der Waals surface area contributed by atoms with Gasteiger partial charge in [-0.25, -0.2) is 0 Å². The topological polar surface area (TPSA) is 18.5 Å². The second kappa shape index (κ2) is 3.76. The van der Waals surface area contributed by atoms with E-state index in [0.29, 0.717) is 5.92 Å². The van der Waals surface area contributed by atoms with Crippen molar-refractivity contribution in [2.24, 2.45) is 5.92 Å². The number of rotatable bonds is 1. The Kier molecular flexibility index (Phi) is 2.47. The molecule has 2 heteroatoms. The predicted molar refractivity (Wildman–Crippen MR) is 46.5 cm³/mol. The summed E-state index contributed by atoms with van der Waals surface area (Å²) in [5.74, 6) is 1.75. The lowest BCUT2D eigenvalue weighted by Gasteiger charge is -2.24. The number of ether oxygens (including phenoxy) is 2. The maximum atomic E-state index is 5.44. The van der Waals surface area contributed by atoms with Gasteiger partial charge in [0, 0.05) is 19.1 Å². The molecule has 0 bridgehead atoms. The molecular formula is C10H14O2. The fourth-order valence-corrected chi connectivity index (χ4v) is 1.66. The third-order valence-corrected chi connectivity index (χ3v) is 2.38. The molecule has 0 aromatic rings. The number of hydrogen-bond acceptors (Lipinski definition) is 2. The fourth-order valence-electron chi connectivity index (χ4n) is 1.66. The van der Waals surface area contributed by atoms with Gasteiger partial charge in [0.15, 0.2) is 0 Å². The second-order valence-corrected chi connectivity index (χ2v) is 3.22. The largest absolute Gasteiger partial charge is 0.470 e. The van der Waals surface area contributed by atoms with Gasteiger partial charge in [0.1, 0.15) is 5.76 Å². The molecule has 2 rings (SSSR count). The van der Waals surface area contributed by atoms with Gasteiger partial charge in [-0.05, 0) is 31.4 Å². The van der Waals surface area contributed by atoms with Crippen LogP contribution in [0.3, 0.4) is 0 Å². The fraction of sp³-hybridized carbons (Fsp3) is 0.600. The highest BCUT2D eigenvalue weighted by Crippen LogP contribution is 2.26. The van der Waals surface area contributed by atoms with Gasteiger partial charge in [-0.3, -0.25) is 0 Å². The molecule has 0 aromatic heterocycles. The first-order valence-electron chi connectivity index (χ1n) is 4.56. The lowest BCUT2D eigenvalue weighted by molar-refractivity contribution is 0.0620. The van der Waals surface area contributed by atoms with Crippen LogP contribution in [0.2, 0.25) is 0 Å². The van der Waals surface area contributed by atoms with Crippen LogP contribution in [0.1, 0.15) is 19.3 Å². The van der Waals surface area contributed by atoms with E-state index in [4.69, 9.17) is 9.47 Å². The van der Waals surface area contributed by atoms with E-state index in [2.05, 4.69) is 6.08 Å². The first-order chi connectivity index (χ1) is 5.97. The maximum Gasteiger partial charge on any atom is 0.103 e. The summed E-state index contributed by atoms with van der Waals surface area (Å²) in [6.45, 7) is 1.77. The highest BCUT2D eigenvalue weighted by atomic mass is 16.5. The van der Waals surface area contributed by atoms with Crippen LogP contribution in [-0.4, -0.2) is 13.2 Å². The Labute approximate surface area is 72.9 Å². The van der Waals surface area contributed by atoms with Crippen molar-refractivity contribution >= 4 is 0 Å². The van der Waals surface area contributed by atoms with Gasteiger partial charge in [0.2, 0.25) is 0 Å². The van der Waals surface area contributed by atoms with Crippen molar-refractivity contribution in [2.45, 2.75) is 19.3 Å². The molecule has 0 radical (unpaired) electrons. The molecule has 2 nitrogen and oxygen atoms in total. The van der Waals surface area contributed by atoms with Crippen molar-refractivity contribution in [3.8, 4) is 0 Å². The molecule has 0 aromatic carbocycles. The van der Waals surface area contributed by atoms with Crippen molar-refractivity contribution in [1.82, 2.24) is 0 Å². The van der Waals surface area contributed by atoms with E-state index >= 15 is 0 Å². The van der Waals surface area contributed by atoms with Crippen LogP contribution < -0.4 is 0 Å². The summed E-state index contributed by atoms with van der Waals surface area (Å²) in [6.07, 6.45) is 9.25. The summed E-state index contributed by atoms with van der Waals surface area (Å²) in [6, 6.07) is 0. The lowest BCUT2D eigenvalue weighted by atomic mass is 9.97. The van der Waals surface area contributed by atoms with E-state index in [1.54, 1.807) is 6.26 Å². The average Bonchev–Trinajstić information content (AvgIpc) is 2.21. The van der Waals surface area contributed by atoms with Gasteiger partial charge in [-0.1, -0.05) is 0 Å². The van der Waals surface area contributed by atoms with Gasteiger partial charge >= 0.3 is 0 Å². The molecule has 66 valence electrons. The Hall–Kier alpha value is -0.760. The van der Waals surface area contributed by atoms with Crippen LogP contribution in [0.5, 0.6) is 0 Å². The minimum absolute atomic E-state index is 0.601. The van der Waals surface area contributed by atoms with Crippen LogP contribution in [0, 0.1) is 5.92 Å². The maximum absolute atomic E-state index is 5.44. The molecular weight excluding hydrogens is 152 g/mol. The smallest absolute Gasteiger partial charge is 0.103 e. The minimum Gasteiger partial charge on any atom is -0.470 e. The Balaban J connectivity index is 1.93. The highest BCUT2D eigenvalue weighted by molar-refractivity contribution is 5.07. The van der Waals surface area contributed by atoms with Crippen molar-refractivity contribution in [1.29, 1.82) is 0 Å². The molecule has 0 amide bonds. The third-order valence-electron chi connectivity index (χ3n) is 2.38. The number of hydrogen-bond donors (Lipinski definition) is 0. The van der Waals surface area contributed by atoms with E-state index < -0.39 is 0 Å². The van der Waals surface area contributed by atoms with E-state index in [1.807, 2.05) is 6.08 Å². The standard InChI is InChI=1S/C10H14O2/c1-2-6-12-10(3-1)9-4-7-11-8-5-9/h2-3,6,9H,1,4-5,7-8H2. The van der Waals surface area contributed by atoms with Gasteiger partial charge < -0.3 is 9.47 Å². The van der Waals surface area contributed by atoms with Crippen molar-refractivity contribution in [2.75, 3.05) is 13.2 Å². The minimum atomic E-state index is 0.601. The zero-order valence-electron chi connectivity index (χ0n) is 7.16. The Morgan fingerprint density at radius 1 is 1.25 bits per heavy atom. The molecule has 0 saturated carbocycles. The van der Waals surface area contributed by atoms with E-state index in [-0.39, 0.29) is 0 Å². The zero-order chi connectivity index (χ0) is 8.23. The summed E-state index contributed by atoms with van der Waals surface area (Å²) in [4.78, 5) is 0. The van der Waals surface area contributed by atoms with E-state index in [1.165, 1.54) is 0 Å². The molecule has 0 aliphatic carbocycles. The second-order valence-electron chi connectivity index (χ2n) is 3.22.